The molecular weight excluding hydrogens is 560 g/mol. The Bertz CT molecular complexity index is 1610. The number of carbonyl (C=O) groups excluding carboxylic acids is 1. The van der Waals surface area contributed by atoms with E-state index in [-0.39, 0.29) is 23.7 Å². The van der Waals surface area contributed by atoms with Crippen molar-refractivity contribution in [3.63, 3.8) is 0 Å². The zero-order valence-electron chi connectivity index (χ0n) is 23.7. The summed E-state index contributed by atoms with van der Waals surface area (Å²) in [6, 6.07) is 9.46. The lowest BCUT2D eigenvalue weighted by molar-refractivity contribution is 0.0938. The number of hydrogen-bond donors (Lipinski definition) is 2. The van der Waals surface area contributed by atoms with Crippen molar-refractivity contribution in [2.24, 2.45) is 0 Å². The van der Waals surface area contributed by atoms with Gasteiger partial charge in [-0.1, -0.05) is 19.9 Å². The Labute approximate surface area is 244 Å². The molecule has 0 saturated carbocycles. The number of hydrogen-bond acceptors (Lipinski definition) is 9. The van der Waals surface area contributed by atoms with Crippen LogP contribution in [0.3, 0.4) is 0 Å². The molecule has 0 spiro atoms. The summed E-state index contributed by atoms with van der Waals surface area (Å²) in [4.78, 5) is 28.5. The number of likely N-dealkylation sites (N-methyl/N-ethyl adjacent to an activating group) is 1. The molecule has 4 aromatic rings. The summed E-state index contributed by atoms with van der Waals surface area (Å²) < 4.78 is 28.5. The van der Waals surface area contributed by atoms with Crippen LogP contribution in [0.1, 0.15) is 38.1 Å². The lowest BCUT2D eigenvalue weighted by atomic mass is 10.1. The number of aromatic nitrogens is 4. The Hall–Kier alpha value is -3.39. The van der Waals surface area contributed by atoms with E-state index in [1.807, 2.05) is 34.7 Å². The second kappa shape index (κ2) is 12.2. The molecule has 4 aromatic heterocycles. The van der Waals surface area contributed by atoms with E-state index in [2.05, 4.69) is 40.8 Å². The number of nitrogens with one attached hydrogen (secondary N) is 2. The molecule has 0 aliphatic carbocycles. The van der Waals surface area contributed by atoms with Crippen molar-refractivity contribution in [2.75, 3.05) is 43.4 Å². The lowest BCUT2D eigenvalue weighted by Gasteiger charge is -2.40. The van der Waals surface area contributed by atoms with Crippen molar-refractivity contribution >= 4 is 38.7 Å². The van der Waals surface area contributed by atoms with Crippen molar-refractivity contribution in [2.45, 2.75) is 39.8 Å². The Morgan fingerprint density at radius 1 is 1.15 bits per heavy atom. The van der Waals surface area contributed by atoms with E-state index in [1.54, 1.807) is 41.1 Å². The Kier molecular flexibility index (Phi) is 8.68. The van der Waals surface area contributed by atoms with E-state index in [0.29, 0.717) is 47.9 Å². The lowest BCUT2D eigenvalue weighted by Crippen LogP contribution is -2.59. The van der Waals surface area contributed by atoms with Crippen LogP contribution in [0.2, 0.25) is 0 Å². The summed E-state index contributed by atoms with van der Waals surface area (Å²) in [5.41, 5.74) is 3.23. The van der Waals surface area contributed by atoms with Crippen LogP contribution in [0.15, 0.2) is 48.1 Å². The van der Waals surface area contributed by atoms with E-state index < -0.39 is 10.0 Å². The van der Waals surface area contributed by atoms with Gasteiger partial charge in [0.2, 0.25) is 10.0 Å². The minimum Gasteiger partial charge on any atom is -0.353 e. The van der Waals surface area contributed by atoms with Gasteiger partial charge in [-0.25, -0.2) is 27.6 Å². The van der Waals surface area contributed by atoms with E-state index in [9.17, 15) is 13.2 Å². The minimum absolute atomic E-state index is 0.0304. The molecule has 5 rings (SSSR count). The van der Waals surface area contributed by atoms with Gasteiger partial charge in [0, 0.05) is 37.4 Å². The third-order valence-corrected chi connectivity index (χ3v) is 9.76. The summed E-state index contributed by atoms with van der Waals surface area (Å²) in [7, 11) is -3.31. The van der Waals surface area contributed by atoms with Crippen molar-refractivity contribution in [1.82, 2.24) is 34.5 Å². The first-order valence-corrected chi connectivity index (χ1v) is 16.4. The summed E-state index contributed by atoms with van der Waals surface area (Å²) >= 11 is 1.61. The number of thiophene rings is 1. The van der Waals surface area contributed by atoms with Crippen LogP contribution in [-0.4, -0.2) is 89.4 Å². The molecule has 0 radical (unpaired) electrons. The third kappa shape index (κ3) is 6.43. The van der Waals surface area contributed by atoms with E-state index in [1.165, 1.54) is 0 Å². The van der Waals surface area contributed by atoms with Crippen molar-refractivity contribution in [3.05, 3.63) is 53.7 Å². The number of pyridine rings is 1. The van der Waals surface area contributed by atoms with Crippen molar-refractivity contribution in [1.29, 1.82) is 0 Å². The number of nitrogens with zero attached hydrogens (tertiary/aromatic N) is 6. The molecule has 13 heteroatoms. The van der Waals surface area contributed by atoms with Gasteiger partial charge in [0.25, 0.3) is 5.91 Å². The van der Waals surface area contributed by atoms with Crippen LogP contribution in [0, 0.1) is 0 Å². The van der Waals surface area contributed by atoms with Crippen molar-refractivity contribution in [3.8, 4) is 21.8 Å². The van der Waals surface area contributed by atoms with Gasteiger partial charge in [0.15, 0.2) is 5.65 Å². The monoisotopic (exact) mass is 596 g/mol. The first-order valence-electron chi connectivity index (χ1n) is 13.9. The molecule has 1 aliphatic rings. The molecule has 1 atom stereocenters. The second-order valence-electron chi connectivity index (χ2n) is 10.1. The highest BCUT2D eigenvalue weighted by Gasteiger charge is 2.31. The fraction of sp³-hybridized carbons (Fsp3) is 0.429. The maximum atomic E-state index is 13.4. The molecule has 0 aromatic carbocycles. The molecular formula is C28H36N8O3S2. The second-order valence-corrected chi connectivity index (χ2v) is 13.1. The molecule has 1 saturated heterocycles. The Morgan fingerprint density at radius 2 is 1.93 bits per heavy atom. The smallest absolute Gasteiger partial charge is 0.251 e. The highest BCUT2D eigenvalue weighted by atomic mass is 32.2. The first kappa shape index (κ1) is 29.1. The maximum absolute atomic E-state index is 13.4. The van der Waals surface area contributed by atoms with Crippen molar-refractivity contribution < 1.29 is 13.2 Å². The Morgan fingerprint density at radius 3 is 2.61 bits per heavy atom. The minimum atomic E-state index is -3.31. The summed E-state index contributed by atoms with van der Waals surface area (Å²) in [5, 5.41) is 9.57. The molecule has 1 fully saturated rings. The maximum Gasteiger partial charge on any atom is 0.251 e. The zero-order chi connectivity index (χ0) is 29.1. The SMILES string of the molecule is CCN(CC)[C@@H](C)CNC(=O)c1cc(-c2cnn3ccc(-c4cccs4)nc23)nc(N2CC(NS(=O)(=O)CC)C2)c1. The van der Waals surface area contributed by atoms with Gasteiger partial charge in [0.1, 0.15) is 5.82 Å². The predicted octanol–water partition coefficient (Wildman–Crippen LogP) is 3.11. The van der Waals surface area contributed by atoms with E-state index in [4.69, 9.17) is 9.97 Å². The van der Waals surface area contributed by atoms with E-state index in [0.717, 1.165) is 23.7 Å². The van der Waals surface area contributed by atoms with Crippen LogP contribution in [0.4, 0.5) is 5.82 Å². The van der Waals surface area contributed by atoms with Gasteiger partial charge in [-0.3, -0.25) is 9.69 Å². The molecule has 218 valence electrons. The van der Waals surface area contributed by atoms with Crippen LogP contribution in [-0.2, 0) is 10.0 Å². The number of anilines is 1. The molecule has 0 unspecified atom stereocenters. The fourth-order valence-corrected chi connectivity index (χ4v) is 6.47. The van der Waals surface area contributed by atoms with Crippen LogP contribution in [0.5, 0.6) is 0 Å². The molecule has 41 heavy (non-hydrogen) atoms. The zero-order valence-corrected chi connectivity index (χ0v) is 25.4. The van der Waals surface area contributed by atoms with Gasteiger partial charge in [-0.05, 0) is 56.6 Å². The highest BCUT2D eigenvalue weighted by molar-refractivity contribution is 7.89. The molecule has 0 bridgehead atoms. The average molecular weight is 597 g/mol. The predicted molar refractivity (Wildman–Crippen MR) is 163 cm³/mol. The molecule has 2 N–H and O–H groups in total. The van der Waals surface area contributed by atoms with Gasteiger partial charge in [-0.2, -0.15) is 5.10 Å². The van der Waals surface area contributed by atoms with Crippen LogP contribution in [0.25, 0.3) is 27.5 Å². The standard InChI is InChI=1S/C28H36N8O3S2/c1-5-34(6-2)19(4)15-29-28(37)20-13-24(31-26(14-20)35-17-21(18-35)33-41(38,39)7-3)22-16-30-36-11-10-23(32-27(22)36)25-9-8-12-40-25/h8-14,16,19,21,33H,5-7,15,17-18H2,1-4H3,(H,29,37)/t19-/m0/s1. The average Bonchev–Trinajstić information content (AvgIpc) is 3.64. The van der Waals surface area contributed by atoms with Gasteiger partial charge in [0.05, 0.1) is 39.8 Å². The topological polar surface area (TPSA) is 125 Å². The summed E-state index contributed by atoms with van der Waals surface area (Å²) in [5.74, 6) is 0.439. The summed E-state index contributed by atoms with van der Waals surface area (Å²) in [6.07, 6.45) is 3.58. The van der Waals surface area contributed by atoms with Gasteiger partial charge in [-0.15, -0.1) is 11.3 Å². The largest absolute Gasteiger partial charge is 0.353 e. The number of fused-ring (bicyclic) bond motifs is 1. The van der Waals surface area contributed by atoms with Crippen LogP contribution < -0.4 is 14.9 Å². The fourth-order valence-electron chi connectivity index (χ4n) is 4.95. The normalized spacial score (nSPS) is 14.9. The molecule has 1 amide bonds. The van der Waals surface area contributed by atoms with Crippen LogP contribution >= 0.6 is 11.3 Å². The van der Waals surface area contributed by atoms with Gasteiger partial charge >= 0.3 is 0 Å². The third-order valence-electron chi connectivity index (χ3n) is 7.42. The highest BCUT2D eigenvalue weighted by Crippen LogP contribution is 2.30. The quantitative estimate of drug-likeness (QED) is 0.256. The molecule has 11 nitrogen and oxygen atoms in total. The van der Waals surface area contributed by atoms with Gasteiger partial charge < -0.3 is 10.2 Å². The Balaban J connectivity index is 1.47. The molecule has 1 aliphatic heterocycles. The number of amides is 1. The summed E-state index contributed by atoms with van der Waals surface area (Å²) in [6.45, 7) is 11.2. The molecule has 5 heterocycles. The number of carbonyl (C=O) groups is 1. The number of sulfonamides is 1. The first-order chi connectivity index (χ1) is 19.7. The van der Waals surface area contributed by atoms with E-state index >= 15 is 0 Å². The number of rotatable bonds is 12.